The van der Waals surface area contributed by atoms with Crippen molar-refractivity contribution in [3.05, 3.63) is 65.9 Å². The number of aromatic amines is 1. The lowest BCUT2D eigenvalue weighted by Gasteiger charge is -2.30. The third-order valence-electron chi connectivity index (χ3n) is 8.08. The number of carboxylic acid groups (broad SMARTS) is 1. The van der Waals surface area contributed by atoms with Crippen molar-refractivity contribution in [2.24, 2.45) is 5.73 Å². The molecule has 0 spiro atoms. The number of nitrogens with two attached hydrogens (primary N) is 1. The average Bonchev–Trinajstić information content (AvgIpc) is 3.73. The van der Waals surface area contributed by atoms with E-state index in [4.69, 9.17) is 5.73 Å². The van der Waals surface area contributed by atoms with Crippen LogP contribution in [0.15, 0.2) is 54.7 Å². The van der Waals surface area contributed by atoms with Crippen LogP contribution in [0.3, 0.4) is 0 Å². The average molecular weight is 562 g/mol. The Morgan fingerprint density at radius 1 is 0.927 bits per heavy atom. The van der Waals surface area contributed by atoms with Crippen LogP contribution in [0.1, 0.15) is 36.8 Å². The minimum absolute atomic E-state index is 0.116. The van der Waals surface area contributed by atoms with Crippen LogP contribution < -0.4 is 11.1 Å². The van der Waals surface area contributed by atoms with E-state index < -0.39 is 42.0 Å². The first-order valence-corrected chi connectivity index (χ1v) is 14.0. The molecular formula is C30H35N5O6. The summed E-state index contributed by atoms with van der Waals surface area (Å²) in [6, 6.07) is 10.5. The molecule has 0 aliphatic carbocycles. The molecule has 11 nitrogen and oxygen atoms in total. The highest BCUT2D eigenvalue weighted by atomic mass is 16.4. The van der Waals surface area contributed by atoms with Gasteiger partial charge in [-0.2, -0.15) is 0 Å². The van der Waals surface area contributed by atoms with Gasteiger partial charge in [-0.25, -0.2) is 4.79 Å². The van der Waals surface area contributed by atoms with Crippen LogP contribution in [-0.4, -0.2) is 85.9 Å². The van der Waals surface area contributed by atoms with Crippen LogP contribution >= 0.6 is 0 Å². The summed E-state index contributed by atoms with van der Waals surface area (Å²) in [7, 11) is 0. The highest BCUT2D eigenvalue weighted by Crippen LogP contribution is 2.24. The molecular weight excluding hydrogens is 526 g/mol. The molecule has 5 rings (SSSR count). The summed E-state index contributed by atoms with van der Waals surface area (Å²) in [6.07, 6.45) is 4.18. The third kappa shape index (κ3) is 6.04. The topological polar surface area (TPSA) is 169 Å². The summed E-state index contributed by atoms with van der Waals surface area (Å²) < 4.78 is 0. The zero-order chi connectivity index (χ0) is 29.1. The maximum atomic E-state index is 13.7. The molecule has 41 heavy (non-hydrogen) atoms. The van der Waals surface area contributed by atoms with E-state index in [2.05, 4.69) is 10.3 Å². The fourth-order valence-electron chi connectivity index (χ4n) is 5.97. The monoisotopic (exact) mass is 561 g/mol. The maximum Gasteiger partial charge on any atom is 0.326 e. The van der Waals surface area contributed by atoms with Crippen molar-refractivity contribution in [2.45, 2.75) is 62.7 Å². The number of aliphatic carboxylic acids is 1. The van der Waals surface area contributed by atoms with Crippen molar-refractivity contribution in [1.29, 1.82) is 0 Å². The molecule has 3 amide bonds. The number of carbonyl (C=O) groups is 4. The summed E-state index contributed by atoms with van der Waals surface area (Å²) in [5.41, 5.74) is 8.74. The SMILES string of the molecule is NC(Cc1ccc(O)cc1)C(=O)N1CCCC1C(=O)NC(Cc1c[nH]c2ccccc12)C(=O)N1CCCC1C(=O)O. The normalized spacial score (nSPS) is 20.2. The summed E-state index contributed by atoms with van der Waals surface area (Å²) >= 11 is 0. The Balaban J connectivity index is 1.34. The van der Waals surface area contributed by atoms with Crippen LogP contribution in [0.2, 0.25) is 0 Å². The number of nitrogens with zero attached hydrogens (tertiary/aromatic N) is 2. The van der Waals surface area contributed by atoms with E-state index in [1.807, 2.05) is 24.3 Å². The van der Waals surface area contributed by atoms with Crippen molar-refractivity contribution >= 4 is 34.6 Å². The fraction of sp³-hybridized carbons (Fsp3) is 0.400. The molecule has 2 aliphatic rings. The molecule has 3 heterocycles. The van der Waals surface area contributed by atoms with Crippen LogP contribution in [0.25, 0.3) is 10.9 Å². The van der Waals surface area contributed by atoms with Crippen LogP contribution in [0, 0.1) is 0 Å². The Hall–Kier alpha value is -4.38. The molecule has 4 unspecified atom stereocenters. The molecule has 6 N–H and O–H groups in total. The summed E-state index contributed by atoms with van der Waals surface area (Å²) in [5.74, 6) is -2.22. The zero-order valence-electron chi connectivity index (χ0n) is 22.7. The van der Waals surface area contributed by atoms with Gasteiger partial charge in [0.1, 0.15) is 23.9 Å². The number of nitrogens with one attached hydrogen (secondary N) is 2. The molecule has 0 bridgehead atoms. The second-order valence-electron chi connectivity index (χ2n) is 10.8. The highest BCUT2D eigenvalue weighted by molar-refractivity contribution is 5.95. The number of aromatic hydroxyl groups is 1. The van der Waals surface area contributed by atoms with Gasteiger partial charge in [-0.05, 0) is 61.4 Å². The van der Waals surface area contributed by atoms with Crippen LogP contribution in [0.5, 0.6) is 5.75 Å². The standard InChI is InChI=1S/C30H35N5O6/c31-22(15-18-9-11-20(36)12-10-18)28(38)34-13-3-7-25(34)27(37)33-24(29(39)35-14-4-8-26(35)30(40)41)16-19-17-32-23-6-2-1-5-21(19)23/h1-2,5-6,9-12,17,22,24-26,32,36H,3-4,7-8,13-16,31H2,(H,33,37)(H,40,41). The Morgan fingerprint density at radius 3 is 2.29 bits per heavy atom. The number of benzene rings is 2. The van der Waals surface area contributed by atoms with Gasteiger partial charge in [-0.3, -0.25) is 14.4 Å². The van der Waals surface area contributed by atoms with E-state index in [0.29, 0.717) is 38.8 Å². The molecule has 3 aromatic rings. The summed E-state index contributed by atoms with van der Waals surface area (Å²) in [6.45, 7) is 0.671. The van der Waals surface area contributed by atoms with Crippen molar-refractivity contribution in [3.8, 4) is 5.75 Å². The van der Waals surface area contributed by atoms with E-state index >= 15 is 0 Å². The number of phenols is 1. The summed E-state index contributed by atoms with van der Waals surface area (Å²) in [4.78, 5) is 58.5. The van der Waals surface area contributed by atoms with Crippen molar-refractivity contribution in [2.75, 3.05) is 13.1 Å². The highest BCUT2D eigenvalue weighted by Gasteiger charge is 2.41. The number of amides is 3. The molecule has 2 aliphatic heterocycles. The number of H-pyrrole nitrogens is 1. The Kier molecular flexibility index (Phi) is 8.25. The fourth-order valence-corrected chi connectivity index (χ4v) is 5.97. The molecule has 2 fully saturated rings. The number of fused-ring (bicyclic) bond motifs is 1. The van der Waals surface area contributed by atoms with E-state index in [0.717, 1.165) is 22.0 Å². The molecule has 4 atom stereocenters. The zero-order valence-corrected chi connectivity index (χ0v) is 22.7. The number of likely N-dealkylation sites (tertiary alicyclic amines) is 2. The number of para-hydroxylation sites is 1. The van der Waals surface area contributed by atoms with Crippen molar-refractivity contribution < 1.29 is 29.4 Å². The Labute approximate surface area is 237 Å². The largest absolute Gasteiger partial charge is 0.508 e. The minimum atomic E-state index is -1.07. The predicted octanol–water partition coefficient (Wildman–Crippen LogP) is 1.54. The number of carboxylic acids is 1. The first-order valence-electron chi connectivity index (χ1n) is 14.0. The number of hydrogen-bond acceptors (Lipinski definition) is 6. The van der Waals surface area contributed by atoms with Gasteiger partial charge in [-0.15, -0.1) is 0 Å². The number of carbonyl (C=O) groups excluding carboxylic acids is 3. The molecule has 2 aromatic carbocycles. The van der Waals surface area contributed by atoms with Gasteiger partial charge >= 0.3 is 5.97 Å². The molecule has 216 valence electrons. The molecule has 11 heteroatoms. The van der Waals surface area contributed by atoms with Crippen molar-refractivity contribution in [3.63, 3.8) is 0 Å². The second-order valence-corrected chi connectivity index (χ2v) is 10.8. The minimum Gasteiger partial charge on any atom is -0.508 e. The van der Waals surface area contributed by atoms with Gasteiger partial charge in [0.25, 0.3) is 0 Å². The number of hydrogen-bond donors (Lipinski definition) is 5. The number of phenolic OH excluding ortho intramolecular Hbond substituents is 1. The van der Waals surface area contributed by atoms with E-state index in [-0.39, 0.29) is 24.5 Å². The Morgan fingerprint density at radius 2 is 1.59 bits per heavy atom. The molecule has 2 saturated heterocycles. The molecule has 0 radical (unpaired) electrons. The van der Waals surface area contributed by atoms with Gasteiger partial charge in [0, 0.05) is 36.6 Å². The maximum absolute atomic E-state index is 13.7. The molecule has 1 aromatic heterocycles. The molecule has 0 saturated carbocycles. The first kappa shape index (κ1) is 28.2. The van der Waals surface area contributed by atoms with Crippen LogP contribution in [0.4, 0.5) is 0 Å². The van der Waals surface area contributed by atoms with Gasteiger partial charge in [0.15, 0.2) is 0 Å². The second kappa shape index (κ2) is 12.0. The smallest absolute Gasteiger partial charge is 0.326 e. The number of aromatic nitrogens is 1. The van der Waals surface area contributed by atoms with Gasteiger partial charge in [-0.1, -0.05) is 30.3 Å². The van der Waals surface area contributed by atoms with Gasteiger partial charge < -0.3 is 36.0 Å². The quantitative estimate of drug-likeness (QED) is 0.264. The van der Waals surface area contributed by atoms with E-state index in [1.165, 1.54) is 21.9 Å². The Bertz CT molecular complexity index is 1440. The first-order chi connectivity index (χ1) is 19.7. The van der Waals surface area contributed by atoms with Crippen molar-refractivity contribution in [1.82, 2.24) is 20.1 Å². The summed E-state index contributed by atoms with van der Waals surface area (Å²) in [5, 5.41) is 23.0. The van der Waals surface area contributed by atoms with E-state index in [9.17, 15) is 29.4 Å². The van der Waals surface area contributed by atoms with Crippen LogP contribution in [-0.2, 0) is 32.0 Å². The third-order valence-corrected chi connectivity index (χ3v) is 8.08. The predicted molar refractivity (Wildman–Crippen MR) is 151 cm³/mol. The number of rotatable bonds is 9. The lowest BCUT2D eigenvalue weighted by Crippen LogP contribution is -2.57. The van der Waals surface area contributed by atoms with Gasteiger partial charge in [0.2, 0.25) is 17.7 Å². The lowest BCUT2D eigenvalue weighted by molar-refractivity contribution is -0.149. The lowest BCUT2D eigenvalue weighted by atomic mass is 10.0. The van der Waals surface area contributed by atoms with E-state index in [1.54, 1.807) is 18.3 Å². The van der Waals surface area contributed by atoms with Gasteiger partial charge in [0.05, 0.1) is 6.04 Å².